The number of nitriles is 2. The van der Waals surface area contributed by atoms with Gasteiger partial charge in [-0.15, -0.1) is 34.0 Å². The molecule has 6 rings (SSSR count). The molecule has 10 heteroatoms. The number of rotatable bonds is 7. The molecule has 6 aromatic rings. The summed E-state index contributed by atoms with van der Waals surface area (Å²) in [5.41, 5.74) is 3.75. The van der Waals surface area contributed by atoms with E-state index in [1.807, 2.05) is 47.4 Å². The van der Waals surface area contributed by atoms with Gasteiger partial charge in [0.2, 0.25) is 0 Å². The van der Waals surface area contributed by atoms with Gasteiger partial charge in [-0.25, -0.2) is 9.59 Å². The minimum absolute atomic E-state index is 0.0804. The van der Waals surface area contributed by atoms with Crippen molar-refractivity contribution < 1.29 is 19.8 Å². The van der Waals surface area contributed by atoms with Gasteiger partial charge in [0.25, 0.3) is 0 Å². The highest BCUT2D eigenvalue weighted by Gasteiger charge is 2.17. The fourth-order valence-corrected chi connectivity index (χ4v) is 8.51. The van der Waals surface area contributed by atoms with Crippen LogP contribution in [0.2, 0.25) is 0 Å². The van der Waals surface area contributed by atoms with E-state index in [-0.39, 0.29) is 16.7 Å². The number of fused-ring (bicyclic) bond motifs is 3. The molecular formula is C32H17N3O4S3. The van der Waals surface area contributed by atoms with Gasteiger partial charge in [-0.3, -0.25) is 0 Å². The second-order valence-corrected chi connectivity index (χ2v) is 12.3. The monoisotopic (exact) mass is 603 g/mol. The van der Waals surface area contributed by atoms with Crippen LogP contribution in [-0.2, 0) is 0 Å². The smallest absolute Gasteiger partial charge is 0.335 e. The summed E-state index contributed by atoms with van der Waals surface area (Å²) in [4.78, 5) is 26.7. The third kappa shape index (κ3) is 5.02. The van der Waals surface area contributed by atoms with Crippen molar-refractivity contribution in [2.45, 2.75) is 0 Å². The molecular weight excluding hydrogens is 587 g/mol. The lowest BCUT2D eigenvalue weighted by Gasteiger charge is -2.26. The number of allylic oxidation sites excluding steroid dienone is 1. The van der Waals surface area contributed by atoms with Crippen LogP contribution in [0.4, 0.5) is 17.1 Å². The number of aromatic carboxylic acids is 2. The van der Waals surface area contributed by atoms with Gasteiger partial charge < -0.3 is 15.1 Å². The van der Waals surface area contributed by atoms with Crippen molar-refractivity contribution >= 4 is 87.9 Å². The summed E-state index contributed by atoms with van der Waals surface area (Å²) in [7, 11) is 0. The first-order valence-corrected chi connectivity index (χ1v) is 14.8. The number of carboxylic acid groups (broad SMARTS) is 2. The molecule has 0 unspecified atom stereocenters. The van der Waals surface area contributed by atoms with E-state index in [2.05, 4.69) is 6.07 Å². The lowest BCUT2D eigenvalue weighted by atomic mass is 10.1. The maximum Gasteiger partial charge on any atom is 0.335 e. The highest BCUT2D eigenvalue weighted by atomic mass is 32.1. The first-order valence-electron chi connectivity index (χ1n) is 12.4. The molecule has 0 fully saturated rings. The average molecular weight is 604 g/mol. The molecule has 2 N–H and O–H groups in total. The Morgan fingerprint density at radius 1 is 0.667 bits per heavy atom. The van der Waals surface area contributed by atoms with Crippen molar-refractivity contribution in [2.75, 3.05) is 4.90 Å². The second-order valence-electron chi connectivity index (χ2n) is 9.12. The van der Waals surface area contributed by atoms with Crippen LogP contribution in [0.15, 0.2) is 90.5 Å². The maximum absolute atomic E-state index is 11.4. The Bertz CT molecular complexity index is 2030. The molecule has 0 saturated heterocycles. The van der Waals surface area contributed by atoms with E-state index in [9.17, 15) is 19.8 Å². The zero-order chi connectivity index (χ0) is 29.4. The minimum Gasteiger partial charge on any atom is -0.478 e. The van der Waals surface area contributed by atoms with Crippen molar-refractivity contribution in [1.82, 2.24) is 0 Å². The second kappa shape index (κ2) is 11.0. The van der Waals surface area contributed by atoms with Crippen LogP contribution in [0.5, 0.6) is 0 Å². The Hall–Kier alpha value is -5.26. The molecule has 0 amide bonds. The highest BCUT2D eigenvalue weighted by molar-refractivity contribution is 7.39. The summed E-state index contributed by atoms with van der Waals surface area (Å²) >= 11 is 4.94. The van der Waals surface area contributed by atoms with Gasteiger partial charge in [-0.05, 0) is 84.4 Å². The van der Waals surface area contributed by atoms with E-state index >= 15 is 0 Å². The van der Waals surface area contributed by atoms with Crippen molar-refractivity contribution in [3.8, 4) is 22.6 Å². The molecule has 0 bridgehead atoms. The molecule has 0 aliphatic carbocycles. The molecule has 3 aromatic heterocycles. The third-order valence-electron chi connectivity index (χ3n) is 6.52. The average Bonchev–Trinajstić information content (AvgIpc) is 3.68. The number of carbonyl (C=O) groups is 2. The summed E-state index contributed by atoms with van der Waals surface area (Å²) in [5, 5.41) is 36.8. The molecule has 42 heavy (non-hydrogen) atoms. The zero-order valence-electron chi connectivity index (χ0n) is 21.4. The fraction of sp³-hybridized carbons (Fsp3) is 0. The molecule has 0 saturated carbocycles. The van der Waals surface area contributed by atoms with E-state index in [0.717, 1.165) is 41.8 Å². The van der Waals surface area contributed by atoms with E-state index in [1.54, 1.807) is 64.4 Å². The molecule has 0 aliphatic rings. The Morgan fingerprint density at radius 2 is 1.14 bits per heavy atom. The summed E-state index contributed by atoms with van der Waals surface area (Å²) in [5.74, 6) is -2.03. The standard InChI is InChI=1S/C32H17N3O4S3/c33-16-18(17-34)13-25-14-27-29(40-25)30-28(41-27)15-26(42-30)19-1-7-22(8-2-19)35(23-9-3-20(4-10-23)31(36)37)24-11-5-21(6-12-24)32(38)39/h1-15H,(H,36,37)(H,38,39). The van der Waals surface area contributed by atoms with Crippen LogP contribution in [0.3, 0.4) is 0 Å². The Kier molecular flexibility index (Phi) is 7.03. The van der Waals surface area contributed by atoms with Crippen LogP contribution >= 0.6 is 34.0 Å². The Balaban J connectivity index is 1.35. The van der Waals surface area contributed by atoms with Gasteiger partial charge in [0, 0.05) is 36.2 Å². The minimum atomic E-state index is -1.01. The number of thiophene rings is 3. The number of hydrogen-bond donors (Lipinski definition) is 2. The normalized spacial score (nSPS) is 10.7. The maximum atomic E-state index is 11.4. The Morgan fingerprint density at radius 3 is 1.64 bits per heavy atom. The molecule has 3 heterocycles. The lowest BCUT2D eigenvalue weighted by Crippen LogP contribution is -2.10. The van der Waals surface area contributed by atoms with Crippen molar-refractivity contribution in [3.05, 3.63) is 107 Å². The number of nitrogens with zero attached hydrogens (tertiary/aromatic N) is 3. The predicted octanol–water partition coefficient (Wildman–Crippen LogP) is 9.14. The molecule has 0 radical (unpaired) electrons. The van der Waals surface area contributed by atoms with E-state index in [0.29, 0.717) is 0 Å². The molecule has 0 atom stereocenters. The third-order valence-corrected chi connectivity index (χ3v) is 10.3. The number of benzene rings is 3. The quantitative estimate of drug-likeness (QED) is 0.174. The lowest BCUT2D eigenvalue weighted by molar-refractivity contribution is 0.0686. The van der Waals surface area contributed by atoms with Gasteiger partial charge in [0.1, 0.15) is 17.7 Å². The van der Waals surface area contributed by atoms with Crippen molar-refractivity contribution in [3.63, 3.8) is 0 Å². The van der Waals surface area contributed by atoms with E-state index in [1.165, 1.54) is 33.7 Å². The van der Waals surface area contributed by atoms with Crippen LogP contribution < -0.4 is 4.90 Å². The van der Waals surface area contributed by atoms with E-state index < -0.39 is 11.9 Å². The largest absolute Gasteiger partial charge is 0.478 e. The van der Waals surface area contributed by atoms with Crippen LogP contribution in [0.25, 0.3) is 35.3 Å². The molecule has 0 aliphatic heterocycles. The summed E-state index contributed by atoms with van der Waals surface area (Å²) in [6, 6.07) is 29.1. The van der Waals surface area contributed by atoms with Gasteiger partial charge in [-0.1, -0.05) is 12.1 Å². The van der Waals surface area contributed by atoms with Crippen molar-refractivity contribution in [1.29, 1.82) is 10.5 Å². The first kappa shape index (κ1) is 26.9. The molecule has 3 aromatic carbocycles. The first-order chi connectivity index (χ1) is 20.3. The summed E-state index contributed by atoms with van der Waals surface area (Å²) in [6.07, 6.45) is 1.62. The Labute approximate surface area is 251 Å². The van der Waals surface area contributed by atoms with Crippen molar-refractivity contribution in [2.24, 2.45) is 0 Å². The zero-order valence-corrected chi connectivity index (χ0v) is 23.9. The number of anilines is 3. The number of carboxylic acids is 2. The molecule has 202 valence electrons. The van der Waals surface area contributed by atoms with Crippen LogP contribution in [0, 0.1) is 22.7 Å². The van der Waals surface area contributed by atoms with Gasteiger partial charge in [0.05, 0.1) is 20.5 Å². The van der Waals surface area contributed by atoms with Gasteiger partial charge in [-0.2, -0.15) is 10.5 Å². The van der Waals surface area contributed by atoms with Crippen LogP contribution in [0.1, 0.15) is 25.6 Å². The number of hydrogen-bond acceptors (Lipinski definition) is 8. The van der Waals surface area contributed by atoms with Gasteiger partial charge in [0.15, 0.2) is 0 Å². The molecule has 0 spiro atoms. The van der Waals surface area contributed by atoms with Crippen LogP contribution in [-0.4, -0.2) is 22.2 Å². The summed E-state index contributed by atoms with van der Waals surface area (Å²) < 4.78 is 4.62. The van der Waals surface area contributed by atoms with E-state index in [4.69, 9.17) is 10.5 Å². The summed E-state index contributed by atoms with van der Waals surface area (Å²) in [6.45, 7) is 0. The van der Waals surface area contributed by atoms with Gasteiger partial charge >= 0.3 is 11.9 Å². The SMILES string of the molecule is N#CC(C#N)=Cc1cc2sc3cc(-c4ccc(N(c5ccc(C(=O)O)cc5)c5ccc(C(=O)O)cc5)cc4)sc3c2s1. The molecule has 7 nitrogen and oxygen atoms in total. The topological polar surface area (TPSA) is 125 Å². The fourth-order valence-electron chi connectivity index (χ4n) is 4.53. The predicted molar refractivity (Wildman–Crippen MR) is 168 cm³/mol. The highest BCUT2D eigenvalue weighted by Crippen LogP contribution is 2.47.